The highest BCUT2D eigenvalue weighted by Gasteiger charge is 2.50. The second-order valence-electron chi connectivity index (χ2n) is 19.2. The molecule has 1 aromatic heterocycles. The number of nitrogens with zero attached hydrogens (tertiary/aromatic N) is 6. The van der Waals surface area contributed by atoms with E-state index in [4.69, 9.17) is 9.47 Å². The van der Waals surface area contributed by atoms with E-state index in [1.54, 1.807) is 12.0 Å². The second kappa shape index (κ2) is 15.6. The summed E-state index contributed by atoms with van der Waals surface area (Å²) in [5.74, 6) is 1.22. The van der Waals surface area contributed by atoms with Crippen LogP contribution in [0.25, 0.3) is 10.9 Å². The summed E-state index contributed by atoms with van der Waals surface area (Å²) in [4.78, 5) is 48.9. The highest BCUT2D eigenvalue weighted by Crippen LogP contribution is 2.54. The standard InChI is InChI=1S/C47H53F2IN8O5/c1-27-15-34-31(5-6-36-35(34)21-51-53-36)43(56(27)24-41(48)49)32-4-3-30(17-39(32)62-2)55-11-9-46(10-12-55)19-28(20-46)22-54-13-14-58-38-16-29-23-57(37-7-8-42(59)52-44(37)60)45(61)33(29)18-40(38)63-26-47(58,50)25-54/h3-6,16-18,21,27-28,37,41,43H,7-15,19-20,22-26H2,1-2H3,(H,51,53)(H,52,59,60)/t27-,37?,43+,47-/m1/s1. The molecule has 1 unspecified atom stereocenters. The van der Waals surface area contributed by atoms with E-state index < -0.39 is 18.4 Å². The van der Waals surface area contributed by atoms with Crippen molar-refractivity contribution in [2.45, 2.75) is 86.5 Å². The number of methoxy groups -OCH3 is 1. The lowest BCUT2D eigenvalue weighted by molar-refractivity contribution is -0.136. The summed E-state index contributed by atoms with van der Waals surface area (Å²) in [5.41, 5.74) is 8.02. The number of rotatable bonds is 8. The molecule has 11 rings (SSSR count). The Bertz CT molecular complexity index is 2500. The summed E-state index contributed by atoms with van der Waals surface area (Å²) in [7, 11) is 1.68. The first kappa shape index (κ1) is 41.2. The number of H-pyrrole nitrogens is 1. The number of halogens is 3. The van der Waals surface area contributed by atoms with Gasteiger partial charge >= 0.3 is 0 Å². The largest absolute Gasteiger partial charge is 0.496 e. The predicted molar refractivity (Wildman–Crippen MR) is 242 cm³/mol. The third kappa shape index (κ3) is 7.04. The van der Waals surface area contributed by atoms with Crippen molar-refractivity contribution in [3.63, 3.8) is 0 Å². The van der Waals surface area contributed by atoms with Gasteiger partial charge in [0.05, 0.1) is 37.1 Å². The van der Waals surface area contributed by atoms with E-state index in [-0.39, 0.29) is 40.4 Å². The van der Waals surface area contributed by atoms with E-state index in [0.29, 0.717) is 48.6 Å². The number of nitrogens with one attached hydrogen (secondary N) is 2. The maximum Gasteiger partial charge on any atom is 0.255 e. The molecule has 63 heavy (non-hydrogen) atoms. The summed E-state index contributed by atoms with van der Waals surface area (Å²) in [6.45, 7) is 8.32. The van der Waals surface area contributed by atoms with Crippen LogP contribution in [0.3, 0.4) is 0 Å². The molecule has 4 atom stereocenters. The number of piperidine rings is 2. The Kier molecular flexibility index (Phi) is 10.2. The van der Waals surface area contributed by atoms with Crippen LogP contribution in [0.1, 0.15) is 84.1 Å². The molecular formula is C47H53F2IN8O5. The number of hydrogen-bond donors (Lipinski definition) is 2. The minimum atomic E-state index is -2.45. The number of carbonyl (C=O) groups excluding carboxylic acids is 3. The van der Waals surface area contributed by atoms with Crippen LogP contribution < -0.4 is 24.6 Å². The summed E-state index contributed by atoms with van der Waals surface area (Å²) in [5, 5.41) is 10.8. The Hall–Kier alpha value is -4.55. The number of benzene rings is 3. The molecule has 1 spiro atoms. The number of hydrogen-bond acceptors (Lipinski definition) is 10. The molecule has 7 aliphatic rings. The molecule has 0 radical (unpaired) electrons. The number of imide groups is 1. The predicted octanol–water partition coefficient (Wildman–Crippen LogP) is 6.28. The molecule has 16 heteroatoms. The third-order valence-corrected chi connectivity index (χ3v) is 16.6. The normalized spacial score (nSPS) is 27.2. The van der Waals surface area contributed by atoms with Crippen molar-refractivity contribution in [2.75, 3.05) is 69.3 Å². The summed E-state index contributed by atoms with van der Waals surface area (Å²) in [6, 6.07) is 13.3. The topological polar surface area (TPSA) is 127 Å². The molecule has 0 bridgehead atoms. The van der Waals surface area contributed by atoms with Crippen LogP contribution in [0, 0.1) is 11.3 Å². The first-order chi connectivity index (χ1) is 30.4. The summed E-state index contributed by atoms with van der Waals surface area (Å²) >= 11 is 2.57. The molecule has 4 fully saturated rings. The van der Waals surface area contributed by atoms with Crippen molar-refractivity contribution in [1.29, 1.82) is 0 Å². The molecule has 6 aliphatic heterocycles. The molecule has 3 saturated heterocycles. The highest BCUT2D eigenvalue weighted by molar-refractivity contribution is 14.1. The monoisotopic (exact) mass is 974 g/mol. The first-order valence-electron chi connectivity index (χ1n) is 22.4. The van der Waals surface area contributed by atoms with Gasteiger partial charge in [-0.15, -0.1) is 0 Å². The van der Waals surface area contributed by atoms with Gasteiger partial charge in [0.25, 0.3) is 12.3 Å². The van der Waals surface area contributed by atoms with E-state index in [1.165, 1.54) is 12.8 Å². The van der Waals surface area contributed by atoms with Gasteiger partial charge in [0.2, 0.25) is 11.8 Å². The number of carbonyl (C=O) groups is 3. The Morgan fingerprint density at radius 1 is 1.03 bits per heavy atom. The van der Waals surface area contributed by atoms with Crippen molar-refractivity contribution in [3.8, 4) is 11.5 Å². The van der Waals surface area contributed by atoms with Crippen LogP contribution in [0.2, 0.25) is 0 Å². The average molecular weight is 975 g/mol. The number of aromatic amines is 1. The van der Waals surface area contributed by atoms with Crippen molar-refractivity contribution < 1.29 is 32.6 Å². The number of alkyl halides is 3. The summed E-state index contributed by atoms with van der Waals surface area (Å²) in [6.07, 6.45) is 5.41. The number of amides is 3. The van der Waals surface area contributed by atoms with E-state index >= 15 is 0 Å². The zero-order chi connectivity index (χ0) is 43.4. The Labute approximate surface area is 378 Å². The zero-order valence-corrected chi connectivity index (χ0v) is 37.8. The van der Waals surface area contributed by atoms with Gasteiger partial charge < -0.3 is 24.2 Å². The van der Waals surface area contributed by atoms with E-state index in [9.17, 15) is 23.2 Å². The lowest BCUT2D eigenvalue weighted by Crippen LogP contribution is -2.64. The fourth-order valence-electron chi connectivity index (χ4n) is 12.3. The van der Waals surface area contributed by atoms with Gasteiger partial charge in [-0.25, -0.2) is 8.78 Å². The molecule has 3 amide bonds. The van der Waals surface area contributed by atoms with Gasteiger partial charge in [0, 0.05) is 86.5 Å². The number of aromatic nitrogens is 2. The van der Waals surface area contributed by atoms with Crippen molar-refractivity contribution in [3.05, 3.63) is 76.5 Å². The van der Waals surface area contributed by atoms with Gasteiger partial charge in [-0.05, 0) is 120 Å². The van der Waals surface area contributed by atoms with E-state index in [2.05, 4.69) is 83.1 Å². The molecule has 332 valence electrons. The Morgan fingerprint density at radius 3 is 2.62 bits per heavy atom. The van der Waals surface area contributed by atoms with Crippen LogP contribution in [-0.4, -0.2) is 124 Å². The van der Waals surface area contributed by atoms with Crippen molar-refractivity contribution in [2.24, 2.45) is 11.3 Å². The van der Waals surface area contributed by atoms with Gasteiger partial charge in [-0.3, -0.25) is 34.6 Å². The van der Waals surface area contributed by atoms with Crippen molar-refractivity contribution >= 4 is 62.6 Å². The van der Waals surface area contributed by atoms with Crippen LogP contribution in [0.15, 0.2) is 48.7 Å². The molecule has 1 aliphatic carbocycles. The third-order valence-electron chi connectivity index (χ3n) is 15.4. The maximum atomic E-state index is 14.1. The van der Waals surface area contributed by atoms with Gasteiger partial charge in [-0.1, -0.05) is 12.1 Å². The number of ether oxygens (including phenoxy) is 2. The molecule has 13 nitrogen and oxygen atoms in total. The minimum Gasteiger partial charge on any atom is -0.496 e. The fraction of sp³-hybridized carbons (Fsp3) is 0.532. The Balaban J connectivity index is 0.718. The minimum absolute atomic E-state index is 0.0878. The van der Waals surface area contributed by atoms with Gasteiger partial charge in [-0.2, -0.15) is 5.10 Å². The molecule has 2 N–H and O–H groups in total. The second-order valence-corrected chi connectivity index (χ2v) is 21.2. The van der Waals surface area contributed by atoms with Gasteiger partial charge in [0.1, 0.15) is 27.7 Å². The molecular weight excluding hydrogens is 921 g/mol. The van der Waals surface area contributed by atoms with Gasteiger partial charge in [0.15, 0.2) is 0 Å². The maximum absolute atomic E-state index is 14.1. The average Bonchev–Trinajstić information content (AvgIpc) is 3.87. The van der Waals surface area contributed by atoms with Crippen LogP contribution in [-0.2, 0) is 22.6 Å². The zero-order valence-electron chi connectivity index (χ0n) is 35.7. The fourth-order valence-corrected chi connectivity index (χ4v) is 13.4. The molecule has 4 aromatic rings. The quantitative estimate of drug-likeness (QED) is 0.0903. The first-order valence-corrected chi connectivity index (χ1v) is 23.5. The number of piperazine rings is 1. The van der Waals surface area contributed by atoms with Crippen LogP contribution >= 0.6 is 22.6 Å². The Morgan fingerprint density at radius 2 is 1.84 bits per heavy atom. The SMILES string of the molecule is COc1cc(N2CCC3(CC2)CC(CN2CCN4c5cc6c(cc5OC[C@@]4(I)C2)C(=O)N(C2CCC(=O)NC2=O)C6)C3)ccc1[C@@H]1c2ccc3[nH]ncc3c2C[C@@H](C)N1CC(F)F. The van der Waals surface area contributed by atoms with Crippen molar-refractivity contribution in [1.82, 2.24) is 30.2 Å². The lowest BCUT2D eigenvalue weighted by atomic mass is 9.57. The van der Waals surface area contributed by atoms with Crippen LogP contribution in [0.4, 0.5) is 20.2 Å². The van der Waals surface area contributed by atoms with E-state index in [1.807, 2.05) is 30.2 Å². The molecule has 1 saturated carbocycles. The summed E-state index contributed by atoms with van der Waals surface area (Å²) < 4.78 is 40.4. The molecule has 7 heterocycles. The van der Waals surface area contributed by atoms with Crippen LogP contribution in [0.5, 0.6) is 11.5 Å². The number of anilines is 2. The number of fused-ring (bicyclic) bond motifs is 7. The molecule has 3 aromatic carbocycles. The smallest absolute Gasteiger partial charge is 0.255 e. The highest BCUT2D eigenvalue weighted by atomic mass is 127. The van der Waals surface area contributed by atoms with E-state index in [0.717, 1.165) is 102 Å². The lowest BCUT2D eigenvalue weighted by Gasteiger charge is -2.56.